The zero-order valence-corrected chi connectivity index (χ0v) is 15.7. The van der Waals surface area contributed by atoms with Gasteiger partial charge in [-0.05, 0) is 25.3 Å². The standard InChI is InChI=1S/C18H24N4O3S/c1-2-26(24,25)21-12-9-16(10-13-21)18(23)20-17-8-11-19-22(17)14-15-6-4-3-5-7-15/h3-8,11,16H,2,9-10,12-14H2,1H3,(H,20,23). The summed E-state index contributed by atoms with van der Waals surface area (Å²) in [6.45, 7) is 3.02. The lowest BCUT2D eigenvalue weighted by Crippen LogP contribution is -2.42. The van der Waals surface area contributed by atoms with Crippen molar-refractivity contribution in [3.8, 4) is 0 Å². The fourth-order valence-electron chi connectivity index (χ4n) is 3.13. The lowest BCUT2D eigenvalue weighted by atomic mass is 9.97. The molecule has 1 aromatic heterocycles. The van der Waals surface area contributed by atoms with Gasteiger partial charge in [0.1, 0.15) is 5.82 Å². The number of sulfonamides is 1. The van der Waals surface area contributed by atoms with Crippen LogP contribution in [0, 0.1) is 5.92 Å². The molecule has 1 saturated heterocycles. The summed E-state index contributed by atoms with van der Waals surface area (Å²) in [4.78, 5) is 12.6. The molecular formula is C18H24N4O3S. The van der Waals surface area contributed by atoms with Crippen molar-refractivity contribution in [2.24, 2.45) is 5.92 Å². The van der Waals surface area contributed by atoms with Crippen molar-refractivity contribution >= 4 is 21.7 Å². The Labute approximate surface area is 154 Å². The number of piperidine rings is 1. The van der Waals surface area contributed by atoms with E-state index >= 15 is 0 Å². The lowest BCUT2D eigenvalue weighted by Gasteiger charge is -2.30. The molecule has 1 aliphatic rings. The van der Waals surface area contributed by atoms with Crippen LogP contribution in [-0.4, -0.2) is 47.3 Å². The van der Waals surface area contributed by atoms with Gasteiger partial charge in [0, 0.05) is 25.1 Å². The smallest absolute Gasteiger partial charge is 0.228 e. The predicted octanol–water partition coefficient (Wildman–Crippen LogP) is 1.93. The van der Waals surface area contributed by atoms with E-state index in [1.54, 1.807) is 23.9 Å². The first kappa shape index (κ1) is 18.6. The molecule has 0 unspecified atom stereocenters. The van der Waals surface area contributed by atoms with Crippen molar-refractivity contribution in [2.75, 3.05) is 24.2 Å². The largest absolute Gasteiger partial charge is 0.311 e. The second kappa shape index (κ2) is 8.01. The molecule has 0 radical (unpaired) electrons. The average Bonchev–Trinajstić information content (AvgIpc) is 3.09. The molecule has 1 amide bonds. The van der Waals surface area contributed by atoms with Crippen LogP contribution < -0.4 is 5.32 Å². The Hall–Kier alpha value is -2.19. The van der Waals surface area contributed by atoms with Gasteiger partial charge >= 0.3 is 0 Å². The Morgan fingerprint density at radius 1 is 1.19 bits per heavy atom. The monoisotopic (exact) mass is 376 g/mol. The molecule has 2 heterocycles. The normalized spacial score (nSPS) is 16.5. The van der Waals surface area contributed by atoms with Gasteiger partial charge in [0.05, 0.1) is 18.5 Å². The number of anilines is 1. The first-order valence-electron chi connectivity index (χ1n) is 8.84. The van der Waals surface area contributed by atoms with E-state index in [1.165, 1.54) is 4.31 Å². The minimum absolute atomic E-state index is 0.0756. The maximum absolute atomic E-state index is 12.6. The van der Waals surface area contributed by atoms with Crippen LogP contribution in [0.25, 0.3) is 0 Å². The van der Waals surface area contributed by atoms with E-state index in [2.05, 4.69) is 10.4 Å². The number of nitrogens with one attached hydrogen (secondary N) is 1. The molecular weight excluding hydrogens is 352 g/mol. The molecule has 2 aromatic rings. The van der Waals surface area contributed by atoms with E-state index in [0.29, 0.717) is 38.3 Å². The molecule has 0 saturated carbocycles. The SMILES string of the molecule is CCS(=O)(=O)N1CCC(C(=O)Nc2ccnn2Cc2ccccc2)CC1. The van der Waals surface area contributed by atoms with Crippen molar-refractivity contribution in [3.63, 3.8) is 0 Å². The number of hydrogen-bond donors (Lipinski definition) is 1. The molecule has 3 rings (SSSR count). The molecule has 140 valence electrons. The van der Waals surface area contributed by atoms with Gasteiger partial charge in [0.15, 0.2) is 0 Å². The molecule has 7 nitrogen and oxygen atoms in total. The van der Waals surface area contributed by atoms with Crippen LogP contribution in [0.5, 0.6) is 0 Å². The van der Waals surface area contributed by atoms with Crippen molar-refractivity contribution in [1.29, 1.82) is 0 Å². The van der Waals surface area contributed by atoms with Crippen LogP contribution in [0.1, 0.15) is 25.3 Å². The van der Waals surface area contributed by atoms with E-state index in [0.717, 1.165) is 5.56 Å². The Balaban J connectivity index is 1.59. The number of carbonyl (C=O) groups is 1. The number of aromatic nitrogens is 2. The molecule has 1 aliphatic heterocycles. The zero-order valence-electron chi connectivity index (χ0n) is 14.8. The van der Waals surface area contributed by atoms with Crippen LogP contribution >= 0.6 is 0 Å². The van der Waals surface area contributed by atoms with Gasteiger partial charge in [-0.25, -0.2) is 17.4 Å². The van der Waals surface area contributed by atoms with E-state index in [4.69, 9.17) is 0 Å². The van der Waals surface area contributed by atoms with Gasteiger partial charge in [-0.1, -0.05) is 30.3 Å². The second-order valence-electron chi connectivity index (χ2n) is 6.42. The van der Waals surface area contributed by atoms with Crippen LogP contribution in [0.2, 0.25) is 0 Å². The highest BCUT2D eigenvalue weighted by molar-refractivity contribution is 7.89. The Kier molecular flexibility index (Phi) is 5.73. The molecule has 26 heavy (non-hydrogen) atoms. The fraction of sp³-hybridized carbons (Fsp3) is 0.444. The summed E-state index contributed by atoms with van der Waals surface area (Å²) in [7, 11) is -3.17. The zero-order chi connectivity index (χ0) is 18.6. The number of amides is 1. The Bertz CT molecular complexity index is 840. The van der Waals surface area contributed by atoms with Crippen molar-refractivity contribution < 1.29 is 13.2 Å². The van der Waals surface area contributed by atoms with Gasteiger partial charge in [-0.15, -0.1) is 0 Å². The van der Waals surface area contributed by atoms with Crippen LogP contribution in [0.4, 0.5) is 5.82 Å². The van der Waals surface area contributed by atoms with E-state index < -0.39 is 10.0 Å². The van der Waals surface area contributed by atoms with Gasteiger partial charge in [-0.3, -0.25) is 4.79 Å². The van der Waals surface area contributed by atoms with Gasteiger partial charge in [-0.2, -0.15) is 5.10 Å². The highest BCUT2D eigenvalue weighted by atomic mass is 32.2. The highest BCUT2D eigenvalue weighted by Crippen LogP contribution is 2.22. The molecule has 0 bridgehead atoms. The topological polar surface area (TPSA) is 84.3 Å². The Morgan fingerprint density at radius 2 is 1.88 bits per heavy atom. The van der Waals surface area contributed by atoms with E-state index in [9.17, 15) is 13.2 Å². The van der Waals surface area contributed by atoms with Crippen molar-refractivity contribution in [2.45, 2.75) is 26.3 Å². The number of nitrogens with zero attached hydrogens (tertiary/aromatic N) is 3. The molecule has 1 N–H and O–H groups in total. The van der Waals surface area contributed by atoms with Crippen molar-refractivity contribution in [1.82, 2.24) is 14.1 Å². The van der Waals surface area contributed by atoms with Crippen LogP contribution in [-0.2, 0) is 21.4 Å². The average molecular weight is 376 g/mol. The molecule has 0 spiro atoms. The maximum Gasteiger partial charge on any atom is 0.228 e. The summed E-state index contributed by atoms with van der Waals surface area (Å²) in [5, 5.41) is 7.22. The molecule has 0 atom stereocenters. The molecule has 1 fully saturated rings. The minimum atomic E-state index is -3.17. The summed E-state index contributed by atoms with van der Waals surface area (Å²) in [5.41, 5.74) is 1.10. The maximum atomic E-state index is 12.6. The first-order chi connectivity index (χ1) is 12.5. The van der Waals surface area contributed by atoms with Crippen molar-refractivity contribution in [3.05, 3.63) is 48.2 Å². The summed E-state index contributed by atoms with van der Waals surface area (Å²) >= 11 is 0. The third-order valence-electron chi connectivity index (χ3n) is 4.73. The summed E-state index contributed by atoms with van der Waals surface area (Å²) in [6.07, 6.45) is 2.74. The molecule has 1 aromatic carbocycles. The molecule has 0 aliphatic carbocycles. The Morgan fingerprint density at radius 3 is 2.54 bits per heavy atom. The lowest BCUT2D eigenvalue weighted by molar-refractivity contribution is -0.121. The van der Waals surface area contributed by atoms with Gasteiger partial charge in [0.25, 0.3) is 0 Å². The predicted molar refractivity (Wildman–Crippen MR) is 100 cm³/mol. The van der Waals surface area contributed by atoms with Crippen LogP contribution in [0.15, 0.2) is 42.6 Å². The summed E-state index contributed by atoms with van der Waals surface area (Å²) in [5.74, 6) is 0.497. The van der Waals surface area contributed by atoms with Gasteiger partial charge < -0.3 is 5.32 Å². The third-order valence-corrected chi connectivity index (χ3v) is 6.61. The summed E-state index contributed by atoms with van der Waals surface area (Å²) in [6, 6.07) is 11.7. The highest BCUT2D eigenvalue weighted by Gasteiger charge is 2.30. The van der Waals surface area contributed by atoms with Crippen LogP contribution in [0.3, 0.4) is 0 Å². The van der Waals surface area contributed by atoms with E-state index in [1.807, 2.05) is 30.3 Å². The second-order valence-corrected chi connectivity index (χ2v) is 8.68. The first-order valence-corrected chi connectivity index (χ1v) is 10.4. The van der Waals surface area contributed by atoms with Gasteiger partial charge in [0.2, 0.25) is 15.9 Å². The number of rotatable bonds is 6. The number of carbonyl (C=O) groups excluding carboxylic acids is 1. The molecule has 8 heteroatoms. The van der Waals surface area contributed by atoms with E-state index in [-0.39, 0.29) is 17.6 Å². The number of hydrogen-bond acceptors (Lipinski definition) is 4. The summed E-state index contributed by atoms with van der Waals surface area (Å²) < 4.78 is 27.1. The minimum Gasteiger partial charge on any atom is -0.311 e. The number of benzene rings is 1. The third kappa shape index (κ3) is 4.31. The quantitative estimate of drug-likeness (QED) is 0.835. The fourth-order valence-corrected chi connectivity index (χ4v) is 4.26.